The molecule has 0 aromatic heterocycles. The summed E-state index contributed by atoms with van der Waals surface area (Å²) < 4.78 is 4.72. The molecule has 2 fully saturated rings. The number of aliphatic hydroxyl groups is 1. The van der Waals surface area contributed by atoms with Crippen molar-refractivity contribution in [2.24, 2.45) is 11.8 Å². The van der Waals surface area contributed by atoms with Crippen molar-refractivity contribution in [1.29, 1.82) is 0 Å². The van der Waals surface area contributed by atoms with E-state index >= 15 is 0 Å². The topological polar surface area (TPSA) is 87.2 Å². The van der Waals surface area contributed by atoms with Crippen molar-refractivity contribution in [3.05, 3.63) is 66.8 Å². The number of nitrogens with zero attached hydrogens (tertiary/aromatic N) is 2. The molecular formula is C30H32N2O5S. The molecule has 7 nitrogen and oxygen atoms in total. The molecule has 6 rings (SSSR count). The number of ether oxygens (including phenoxy) is 1. The SMILES string of the molecule is C[C@H](CO)N1C(=O)[C@@H]2[C@@H]3C(=O)OCCCC/C=C\[C@@H]3S[C@@]23C=CCN(c2ccc4ccccc4c2)C(=O)C13. The summed E-state index contributed by atoms with van der Waals surface area (Å²) in [4.78, 5) is 45.3. The van der Waals surface area contributed by atoms with Crippen LogP contribution < -0.4 is 4.90 Å². The summed E-state index contributed by atoms with van der Waals surface area (Å²) in [6, 6.07) is 12.5. The number of hydrogen-bond acceptors (Lipinski definition) is 6. The first-order chi connectivity index (χ1) is 18.5. The Morgan fingerprint density at radius 3 is 2.71 bits per heavy atom. The van der Waals surface area contributed by atoms with Crippen LogP contribution in [0.4, 0.5) is 5.69 Å². The van der Waals surface area contributed by atoms with Gasteiger partial charge >= 0.3 is 5.97 Å². The predicted octanol–water partition coefficient (Wildman–Crippen LogP) is 3.70. The Hall–Kier alpha value is -3.10. The summed E-state index contributed by atoms with van der Waals surface area (Å²) in [6.45, 7) is 2.16. The van der Waals surface area contributed by atoms with Gasteiger partial charge in [0.25, 0.3) is 5.91 Å². The minimum atomic E-state index is -0.935. The largest absolute Gasteiger partial charge is 0.465 e. The van der Waals surface area contributed by atoms with Gasteiger partial charge < -0.3 is 19.6 Å². The van der Waals surface area contributed by atoms with Gasteiger partial charge in [-0.3, -0.25) is 14.4 Å². The fraction of sp³-hybridized carbons (Fsp3) is 0.433. The van der Waals surface area contributed by atoms with E-state index in [4.69, 9.17) is 4.74 Å². The number of anilines is 1. The molecule has 0 radical (unpaired) electrons. The molecule has 8 heteroatoms. The van der Waals surface area contributed by atoms with Gasteiger partial charge in [0.2, 0.25) is 5.91 Å². The molecule has 1 unspecified atom stereocenters. The Kier molecular flexibility index (Phi) is 6.56. The molecule has 2 amide bonds. The van der Waals surface area contributed by atoms with E-state index in [1.165, 1.54) is 16.7 Å². The number of benzene rings is 2. The van der Waals surface area contributed by atoms with Gasteiger partial charge in [0, 0.05) is 17.5 Å². The Labute approximate surface area is 226 Å². The average molecular weight is 533 g/mol. The van der Waals surface area contributed by atoms with Crippen molar-refractivity contribution in [2.75, 3.05) is 24.7 Å². The number of carbonyl (C=O) groups excluding carboxylic acids is 3. The first-order valence-electron chi connectivity index (χ1n) is 13.4. The lowest BCUT2D eigenvalue weighted by atomic mass is 9.78. The molecule has 38 heavy (non-hydrogen) atoms. The molecule has 4 aliphatic rings. The third-order valence-corrected chi connectivity index (χ3v) is 10.1. The molecule has 6 atom stereocenters. The van der Waals surface area contributed by atoms with E-state index in [1.54, 1.807) is 11.8 Å². The third-order valence-electron chi connectivity index (χ3n) is 8.32. The summed E-state index contributed by atoms with van der Waals surface area (Å²) in [5.41, 5.74) is 0.754. The van der Waals surface area contributed by atoms with E-state index in [1.807, 2.05) is 60.7 Å². The van der Waals surface area contributed by atoms with Crippen LogP contribution in [0, 0.1) is 11.8 Å². The molecule has 2 aromatic rings. The highest BCUT2D eigenvalue weighted by atomic mass is 32.2. The molecule has 2 aromatic carbocycles. The lowest BCUT2D eigenvalue weighted by Gasteiger charge is -2.37. The summed E-state index contributed by atoms with van der Waals surface area (Å²) in [5.74, 6) is -2.28. The first kappa shape index (κ1) is 25.2. The second-order valence-electron chi connectivity index (χ2n) is 10.6. The molecule has 1 N–H and O–H groups in total. The van der Waals surface area contributed by atoms with Gasteiger partial charge in [-0.15, -0.1) is 11.8 Å². The van der Waals surface area contributed by atoms with E-state index in [0.717, 1.165) is 35.7 Å². The van der Waals surface area contributed by atoms with Gasteiger partial charge in [-0.1, -0.05) is 54.6 Å². The number of thioether (sulfide) groups is 1. The number of esters is 1. The first-order valence-corrected chi connectivity index (χ1v) is 14.3. The molecule has 0 bridgehead atoms. The number of cyclic esters (lactones) is 1. The van der Waals surface area contributed by atoms with Gasteiger partial charge in [-0.25, -0.2) is 0 Å². The smallest absolute Gasteiger partial charge is 0.311 e. The normalized spacial score (nSPS) is 32.8. The van der Waals surface area contributed by atoms with Gasteiger partial charge in [-0.05, 0) is 49.1 Å². The fourth-order valence-corrected chi connectivity index (χ4v) is 8.48. The molecule has 0 aliphatic carbocycles. The number of carbonyl (C=O) groups is 3. The van der Waals surface area contributed by atoms with Crippen LogP contribution in [0.1, 0.15) is 26.2 Å². The zero-order chi connectivity index (χ0) is 26.4. The van der Waals surface area contributed by atoms with Gasteiger partial charge in [0.15, 0.2) is 0 Å². The van der Waals surface area contributed by atoms with Crippen LogP contribution in [0.3, 0.4) is 0 Å². The molecule has 2 saturated heterocycles. The van der Waals surface area contributed by atoms with Crippen molar-refractivity contribution < 1.29 is 24.2 Å². The predicted molar refractivity (Wildman–Crippen MR) is 148 cm³/mol. The lowest BCUT2D eigenvalue weighted by molar-refractivity contribution is -0.153. The van der Waals surface area contributed by atoms with Gasteiger partial charge in [0.05, 0.1) is 35.8 Å². The zero-order valence-electron chi connectivity index (χ0n) is 21.4. The second-order valence-corrected chi connectivity index (χ2v) is 12.1. The van der Waals surface area contributed by atoms with Crippen molar-refractivity contribution in [3.8, 4) is 0 Å². The third kappa shape index (κ3) is 3.88. The van der Waals surface area contributed by atoms with Crippen LogP contribution in [-0.2, 0) is 19.1 Å². The highest BCUT2D eigenvalue weighted by Crippen LogP contribution is 2.61. The van der Waals surface area contributed by atoms with Crippen LogP contribution in [0.15, 0.2) is 66.8 Å². The molecule has 4 aliphatic heterocycles. The summed E-state index contributed by atoms with van der Waals surface area (Å²) in [6.07, 6.45) is 10.7. The van der Waals surface area contributed by atoms with Crippen molar-refractivity contribution in [2.45, 2.75) is 48.3 Å². The highest BCUT2D eigenvalue weighted by molar-refractivity contribution is 8.02. The Morgan fingerprint density at radius 2 is 1.89 bits per heavy atom. The van der Waals surface area contributed by atoms with E-state index in [-0.39, 0.29) is 29.6 Å². The number of aliphatic hydroxyl groups excluding tert-OH is 1. The van der Waals surface area contributed by atoms with Crippen LogP contribution >= 0.6 is 11.8 Å². The summed E-state index contributed by atoms with van der Waals surface area (Å²) in [7, 11) is 0. The number of fused-ring (bicyclic) bond motifs is 3. The van der Waals surface area contributed by atoms with Crippen LogP contribution in [-0.4, -0.2) is 69.6 Å². The van der Waals surface area contributed by atoms with E-state index in [0.29, 0.717) is 13.2 Å². The standard InChI is InChI=1S/C30H32N2O5S/c1-19(18-33)32-26-28(35)31(22-13-12-20-9-5-6-10-21(20)17-22)15-8-14-30(26)25(27(32)34)24-23(38-30)11-4-2-3-7-16-37-29(24)36/h4-6,8-14,17,19,23-26,33H,2-3,7,15-16,18H2,1H3/b11-4-/t19-,23+,24-,25+,26?,30+/m1/s1. The Bertz CT molecular complexity index is 1340. The number of rotatable bonds is 3. The number of amides is 2. The summed E-state index contributed by atoms with van der Waals surface area (Å²) in [5, 5.41) is 11.9. The molecule has 198 valence electrons. The second kappa shape index (κ2) is 9.89. The van der Waals surface area contributed by atoms with E-state index in [2.05, 4.69) is 6.08 Å². The minimum absolute atomic E-state index is 0.199. The van der Waals surface area contributed by atoms with E-state index in [9.17, 15) is 19.5 Å². The maximum absolute atomic E-state index is 14.5. The number of hydrogen-bond donors (Lipinski definition) is 1. The molecule has 4 heterocycles. The van der Waals surface area contributed by atoms with Crippen LogP contribution in [0.25, 0.3) is 10.8 Å². The monoisotopic (exact) mass is 532 g/mol. The average Bonchev–Trinajstić information content (AvgIpc) is 3.32. The van der Waals surface area contributed by atoms with Crippen molar-refractivity contribution in [3.63, 3.8) is 0 Å². The molecule has 0 saturated carbocycles. The maximum Gasteiger partial charge on any atom is 0.311 e. The van der Waals surface area contributed by atoms with Crippen molar-refractivity contribution >= 4 is 46.0 Å². The van der Waals surface area contributed by atoms with E-state index < -0.39 is 28.7 Å². The molecular weight excluding hydrogens is 500 g/mol. The number of likely N-dealkylation sites (tertiary alicyclic amines) is 1. The zero-order valence-corrected chi connectivity index (χ0v) is 22.2. The summed E-state index contributed by atoms with van der Waals surface area (Å²) >= 11 is 1.53. The fourth-order valence-electron chi connectivity index (χ4n) is 6.49. The number of allylic oxidation sites excluding steroid dienone is 1. The Morgan fingerprint density at radius 1 is 1.08 bits per heavy atom. The minimum Gasteiger partial charge on any atom is -0.465 e. The van der Waals surface area contributed by atoms with Gasteiger partial charge in [-0.2, -0.15) is 0 Å². The quantitative estimate of drug-likeness (QED) is 0.479. The van der Waals surface area contributed by atoms with Crippen LogP contribution in [0.5, 0.6) is 0 Å². The Balaban J connectivity index is 1.46. The van der Waals surface area contributed by atoms with Gasteiger partial charge in [0.1, 0.15) is 6.04 Å². The van der Waals surface area contributed by atoms with Crippen LogP contribution in [0.2, 0.25) is 0 Å². The highest BCUT2D eigenvalue weighted by Gasteiger charge is 2.71. The molecule has 1 spiro atoms. The lowest BCUT2D eigenvalue weighted by Crippen LogP contribution is -2.56. The van der Waals surface area contributed by atoms with Crippen molar-refractivity contribution in [1.82, 2.24) is 4.90 Å². The maximum atomic E-state index is 14.5.